The quantitative estimate of drug-likeness (QED) is 0.403. The van der Waals surface area contributed by atoms with Gasteiger partial charge in [-0.3, -0.25) is 24.7 Å². The molecule has 10 nitrogen and oxygen atoms in total. The van der Waals surface area contributed by atoms with Gasteiger partial charge in [0.15, 0.2) is 5.54 Å². The fourth-order valence-corrected chi connectivity index (χ4v) is 3.89. The van der Waals surface area contributed by atoms with Gasteiger partial charge < -0.3 is 26.0 Å². The molecule has 0 bridgehead atoms. The number of methoxy groups -OCH3 is 1. The summed E-state index contributed by atoms with van der Waals surface area (Å²) in [7, 11) is 5.11. The second-order valence-electron chi connectivity index (χ2n) is 8.01. The van der Waals surface area contributed by atoms with Gasteiger partial charge in [0.05, 0.1) is 30.1 Å². The maximum atomic E-state index is 13.3. The molecule has 3 amide bonds. The zero-order valence-electron chi connectivity index (χ0n) is 19.4. The fourth-order valence-electron chi connectivity index (χ4n) is 3.63. The number of rotatable bonds is 9. The van der Waals surface area contributed by atoms with Gasteiger partial charge in [0.2, 0.25) is 5.91 Å². The van der Waals surface area contributed by atoms with Gasteiger partial charge in [0.25, 0.3) is 11.8 Å². The average Bonchev–Trinajstić information content (AvgIpc) is 3.25. The van der Waals surface area contributed by atoms with Crippen molar-refractivity contribution >= 4 is 40.7 Å². The van der Waals surface area contributed by atoms with Crippen LogP contribution in [0.2, 0.25) is 5.02 Å². The molecular formula is C23H26ClFN6O4. The van der Waals surface area contributed by atoms with Gasteiger partial charge in [-0.2, -0.15) is 0 Å². The van der Waals surface area contributed by atoms with E-state index in [1.54, 1.807) is 0 Å². The van der Waals surface area contributed by atoms with Crippen molar-refractivity contribution < 1.29 is 23.5 Å². The van der Waals surface area contributed by atoms with Crippen LogP contribution >= 0.6 is 11.6 Å². The van der Waals surface area contributed by atoms with Crippen LogP contribution in [0.1, 0.15) is 15.9 Å². The third kappa shape index (κ3) is 5.42. The predicted octanol–water partition coefficient (Wildman–Crippen LogP) is 1.10. The molecule has 0 radical (unpaired) electrons. The molecule has 1 unspecified atom stereocenters. The predicted molar refractivity (Wildman–Crippen MR) is 130 cm³/mol. The monoisotopic (exact) mass is 504 g/mol. The van der Waals surface area contributed by atoms with Crippen LogP contribution in [0.3, 0.4) is 0 Å². The highest BCUT2D eigenvalue weighted by Crippen LogP contribution is 2.34. The lowest BCUT2D eigenvalue weighted by atomic mass is 9.84. The third-order valence-corrected chi connectivity index (χ3v) is 5.74. The number of likely N-dealkylation sites (N-methyl/N-ethyl adjacent to an activating group) is 1. The molecule has 2 aromatic carbocycles. The summed E-state index contributed by atoms with van der Waals surface area (Å²) in [4.78, 5) is 44.3. The SMILES string of the molecule is COc1cc(C2(C(N)=O)NCN=C2C(=O)NCCN(C)C)ccc1NC(=O)c1ccc(F)cc1Cl. The second-order valence-corrected chi connectivity index (χ2v) is 8.42. The number of carbonyl (C=O) groups excluding carboxylic acids is 3. The van der Waals surface area contributed by atoms with Crippen LogP contribution in [0, 0.1) is 5.82 Å². The van der Waals surface area contributed by atoms with Crippen molar-refractivity contribution in [2.75, 3.05) is 46.3 Å². The molecule has 0 spiro atoms. The molecule has 2 aromatic rings. The Balaban J connectivity index is 1.91. The van der Waals surface area contributed by atoms with Gasteiger partial charge >= 0.3 is 0 Å². The summed E-state index contributed by atoms with van der Waals surface area (Å²) in [5.74, 6) is -2.33. The second kappa shape index (κ2) is 10.8. The van der Waals surface area contributed by atoms with Crippen LogP contribution < -0.4 is 26.4 Å². The minimum absolute atomic E-state index is 0.00322. The number of benzene rings is 2. The number of anilines is 1. The minimum Gasteiger partial charge on any atom is -0.495 e. The van der Waals surface area contributed by atoms with E-state index in [9.17, 15) is 18.8 Å². The lowest BCUT2D eigenvalue weighted by Gasteiger charge is -2.28. The van der Waals surface area contributed by atoms with Crippen molar-refractivity contribution in [1.29, 1.82) is 0 Å². The van der Waals surface area contributed by atoms with Crippen LogP contribution in [0.4, 0.5) is 10.1 Å². The molecule has 186 valence electrons. The Morgan fingerprint density at radius 3 is 2.60 bits per heavy atom. The van der Waals surface area contributed by atoms with Gasteiger partial charge in [-0.25, -0.2) is 4.39 Å². The summed E-state index contributed by atoms with van der Waals surface area (Å²) in [5, 5.41) is 8.26. The summed E-state index contributed by atoms with van der Waals surface area (Å²) >= 11 is 5.98. The largest absolute Gasteiger partial charge is 0.495 e. The molecule has 3 rings (SSSR count). The zero-order chi connectivity index (χ0) is 25.8. The van der Waals surface area contributed by atoms with Crippen LogP contribution in [0.5, 0.6) is 5.75 Å². The number of nitrogens with two attached hydrogens (primary N) is 1. The first kappa shape index (κ1) is 26.1. The van der Waals surface area contributed by atoms with Crippen LogP contribution in [-0.2, 0) is 15.1 Å². The normalized spacial score (nSPS) is 17.1. The van der Waals surface area contributed by atoms with Gasteiger partial charge in [-0.05, 0) is 50.0 Å². The fraction of sp³-hybridized carbons (Fsp3) is 0.304. The van der Waals surface area contributed by atoms with E-state index in [1.165, 1.54) is 31.4 Å². The first-order valence-electron chi connectivity index (χ1n) is 10.6. The van der Waals surface area contributed by atoms with Gasteiger partial charge in [-0.15, -0.1) is 0 Å². The number of halogens is 2. The summed E-state index contributed by atoms with van der Waals surface area (Å²) in [5.41, 5.74) is 4.62. The number of amides is 3. The summed E-state index contributed by atoms with van der Waals surface area (Å²) in [6, 6.07) is 7.91. The van der Waals surface area contributed by atoms with E-state index in [4.69, 9.17) is 22.1 Å². The topological polar surface area (TPSA) is 138 Å². The molecule has 1 heterocycles. The number of primary amides is 1. The highest BCUT2D eigenvalue weighted by atomic mass is 35.5. The zero-order valence-corrected chi connectivity index (χ0v) is 20.2. The average molecular weight is 505 g/mol. The maximum Gasteiger partial charge on any atom is 0.268 e. The van der Waals surface area contributed by atoms with E-state index in [-0.39, 0.29) is 34.4 Å². The number of hydrogen-bond acceptors (Lipinski definition) is 7. The minimum atomic E-state index is -1.70. The number of hydrogen-bond donors (Lipinski definition) is 4. The van der Waals surface area contributed by atoms with Gasteiger partial charge in [0, 0.05) is 13.1 Å². The number of aliphatic imine (C=N–C) groups is 1. The van der Waals surface area contributed by atoms with Crippen molar-refractivity contribution in [2.24, 2.45) is 10.7 Å². The molecule has 1 atom stereocenters. The molecule has 5 N–H and O–H groups in total. The Morgan fingerprint density at radius 2 is 1.97 bits per heavy atom. The molecule has 1 aliphatic heterocycles. The number of ether oxygens (including phenoxy) is 1. The van der Waals surface area contributed by atoms with E-state index in [1.807, 2.05) is 19.0 Å². The van der Waals surface area contributed by atoms with E-state index in [2.05, 4.69) is 20.9 Å². The van der Waals surface area contributed by atoms with E-state index < -0.39 is 29.1 Å². The summed E-state index contributed by atoms with van der Waals surface area (Å²) < 4.78 is 18.7. The van der Waals surface area contributed by atoms with Crippen LogP contribution in [-0.4, -0.2) is 69.3 Å². The van der Waals surface area contributed by atoms with Crippen molar-refractivity contribution in [2.45, 2.75) is 5.54 Å². The lowest BCUT2D eigenvalue weighted by Crippen LogP contribution is -2.58. The Hall–Kier alpha value is -3.54. The molecule has 0 saturated heterocycles. The van der Waals surface area contributed by atoms with Gasteiger partial charge in [0.1, 0.15) is 17.3 Å². The summed E-state index contributed by atoms with van der Waals surface area (Å²) in [6.45, 7) is 0.944. The van der Waals surface area contributed by atoms with Crippen molar-refractivity contribution in [3.8, 4) is 5.75 Å². The molecule has 35 heavy (non-hydrogen) atoms. The smallest absolute Gasteiger partial charge is 0.268 e. The molecule has 0 saturated carbocycles. The van der Waals surface area contributed by atoms with E-state index in [0.717, 1.165) is 12.1 Å². The molecular weight excluding hydrogens is 479 g/mol. The Kier molecular flexibility index (Phi) is 8.05. The number of nitrogens with one attached hydrogen (secondary N) is 3. The Bertz CT molecular complexity index is 1190. The Morgan fingerprint density at radius 1 is 1.23 bits per heavy atom. The van der Waals surface area contributed by atoms with Gasteiger partial charge in [-0.1, -0.05) is 17.7 Å². The molecule has 12 heteroatoms. The van der Waals surface area contributed by atoms with E-state index >= 15 is 0 Å². The van der Waals surface area contributed by atoms with Crippen molar-refractivity contribution in [1.82, 2.24) is 15.5 Å². The van der Waals surface area contributed by atoms with E-state index in [0.29, 0.717) is 18.7 Å². The van der Waals surface area contributed by atoms with Crippen LogP contribution in [0.15, 0.2) is 41.4 Å². The molecule has 0 aliphatic carbocycles. The highest BCUT2D eigenvalue weighted by molar-refractivity contribution is 6.47. The number of nitrogens with zero attached hydrogens (tertiary/aromatic N) is 2. The lowest BCUT2D eigenvalue weighted by molar-refractivity contribution is -0.123. The number of carbonyl (C=O) groups is 3. The molecule has 1 aliphatic rings. The third-order valence-electron chi connectivity index (χ3n) is 5.42. The van der Waals surface area contributed by atoms with Crippen LogP contribution in [0.25, 0.3) is 0 Å². The standard InChI is InChI=1S/C23H26ClFN6O4/c1-31(2)9-8-27-21(33)19-23(22(26)34,29-12-28-19)13-4-7-17(18(10-13)35-3)30-20(32)15-6-5-14(25)11-16(15)24/h4-7,10-11,29H,8-9,12H2,1-3H3,(H2,26,34)(H,27,33)(H,30,32). The Labute approximate surface area is 206 Å². The first-order valence-corrected chi connectivity index (χ1v) is 11.0. The summed E-state index contributed by atoms with van der Waals surface area (Å²) in [6.07, 6.45) is 0. The van der Waals surface area contributed by atoms with Crippen molar-refractivity contribution in [3.05, 3.63) is 58.4 Å². The first-order chi connectivity index (χ1) is 16.6. The maximum absolute atomic E-state index is 13.3. The molecule has 0 fully saturated rings. The highest BCUT2D eigenvalue weighted by Gasteiger charge is 2.49. The molecule has 0 aromatic heterocycles. The van der Waals surface area contributed by atoms with Crippen molar-refractivity contribution in [3.63, 3.8) is 0 Å².